The van der Waals surface area contributed by atoms with Crippen LogP contribution in [0.15, 0.2) is 47.8 Å². The minimum atomic E-state index is -1.05. The Labute approximate surface area is 226 Å². The first kappa shape index (κ1) is 27.3. The molecule has 7 nitrogen and oxygen atoms in total. The van der Waals surface area contributed by atoms with Crippen LogP contribution in [0.25, 0.3) is 32.6 Å². The number of pyridine rings is 1. The summed E-state index contributed by atoms with van der Waals surface area (Å²) < 4.78 is 5.50. The molecule has 4 aromatic rings. The lowest BCUT2D eigenvalue weighted by Gasteiger charge is -2.22. The maximum Gasteiger partial charge on any atom is 0.407 e. The van der Waals surface area contributed by atoms with Crippen LogP contribution in [0.2, 0.25) is 0 Å². The molecule has 1 amide bonds. The molecule has 0 aliphatic heterocycles. The smallest absolute Gasteiger partial charge is 0.407 e. The number of aromatic nitrogens is 2. The predicted octanol–water partition coefficient (Wildman–Crippen LogP) is 7.26. The van der Waals surface area contributed by atoms with Crippen molar-refractivity contribution < 1.29 is 19.4 Å². The molecule has 0 bridgehead atoms. The number of fused-ring (bicyclic) bond motifs is 1. The van der Waals surface area contributed by atoms with E-state index in [1.165, 1.54) is 11.3 Å². The van der Waals surface area contributed by atoms with E-state index in [2.05, 4.69) is 48.4 Å². The molecule has 0 aliphatic rings. The first-order chi connectivity index (χ1) is 17.9. The number of hydrogen-bond acceptors (Lipinski definition) is 6. The molecule has 0 fully saturated rings. The van der Waals surface area contributed by atoms with Crippen molar-refractivity contribution >= 4 is 34.3 Å². The second-order valence-corrected chi connectivity index (χ2v) is 11.7. The van der Waals surface area contributed by atoms with Crippen molar-refractivity contribution in [1.82, 2.24) is 15.3 Å². The van der Waals surface area contributed by atoms with E-state index in [0.29, 0.717) is 10.9 Å². The maximum absolute atomic E-state index is 12.6. The normalized spacial score (nSPS) is 11.7. The molecular weight excluding hydrogens is 498 g/mol. The highest BCUT2D eigenvalue weighted by atomic mass is 32.1. The van der Waals surface area contributed by atoms with Gasteiger partial charge in [-0.1, -0.05) is 43.7 Å². The van der Waals surface area contributed by atoms with E-state index < -0.39 is 17.7 Å². The topological polar surface area (TPSA) is 101 Å². The second-order valence-electron chi connectivity index (χ2n) is 10.8. The largest absolute Gasteiger partial charge is 0.476 e. The fourth-order valence-corrected chi connectivity index (χ4v) is 5.05. The summed E-state index contributed by atoms with van der Waals surface area (Å²) in [7, 11) is 0. The van der Waals surface area contributed by atoms with Crippen molar-refractivity contribution in [3.63, 3.8) is 0 Å². The molecule has 2 aromatic heterocycles. The number of amides is 1. The number of aryl methyl sites for hydroxylation is 1. The summed E-state index contributed by atoms with van der Waals surface area (Å²) in [6.07, 6.45) is 0.261. The third kappa shape index (κ3) is 6.37. The summed E-state index contributed by atoms with van der Waals surface area (Å²) in [5.74, 6) is -0.695. The molecule has 0 atom stereocenters. The monoisotopic (exact) mass is 531 g/mol. The average molecular weight is 532 g/mol. The van der Waals surface area contributed by atoms with Crippen LogP contribution in [0.4, 0.5) is 4.79 Å². The Hall–Kier alpha value is -3.78. The lowest BCUT2D eigenvalue weighted by Crippen LogP contribution is -2.32. The summed E-state index contributed by atoms with van der Waals surface area (Å²) in [6, 6.07) is 14.2. The van der Waals surface area contributed by atoms with Crippen molar-refractivity contribution in [2.24, 2.45) is 5.92 Å². The predicted molar refractivity (Wildman–Crippen MR) is 152 cm³/mol. The minimum absolute atomic E-state index is 0.0245. The number of carboxylic acid groups (broad SMARTS) is 1. The third-order valence-electron chi connectivity index (χ3n) is 5.89. The van der Waals surface area contributed by atoms with E-state index in [4.69, 9.17) is 9.72 Å². The molecule has 0 radical (unpaired) electrons. The van der Waals surface area contributed by atoms with Crippen molar-refractivity contribution in [3.8, 4) is 21.7 Å². The number of rotatable bonds is 7. The van der Waals surface area contributed by atoms with Crippen LogP contribution in [0.3, 0.4) is 0 Å². The van der Waals surface area contributed by atoms with Crippen molar-refractivity contribution in [2.75, 3.05) is 0 Å². The molecule has 2 N–H and O–H groups in total. The first-order valence-corrected chi connectivity index (χ1v) is 13.5. The molecule has 4 rings (SSSR count). The second kappa shape index (κ2) is 10.9. The van der Waals surface area contributed by atoms with E-state index >= 15 is 0 Å². The van der Waals surface area contributed by atoms with Gasteiger partial charge in [0, 0.05) is 34.1 Å². The number of carboxylic acids is 1. The Morgan fingerprint density at radius 2 is 1.74 bits per heavy atom. The molecule has 0 unspecified atom stereocenters. The molecule has 0 saturated carbocycles. The Morgan fingerprint density at radius 3 is 2.34 bits per heavy atom. The van der Waals surface area contributed by atoms with E-state index in [1.807, 2.05) is 45.9 Å². The van der Waals surface area contributed by atoms with Gasteiger partial charge in [0.25, 0.3) is 0 Å². The number of benzene rings is 2. The van der Waals surface area contributed by atoms with Crippen molar-refractivity contribution in [2.45, 2.75) is 60.1 Å². The summed E-state index contributed by atoms with van der Waals surface area (Å²) in [5, 5.41) is 15.4. The lowest BCUT2D eigenvalue weighted by molar-refractivity contribution is 0.0523. The highest BCUT2D eigenvalue weighted by molar-refractivity contribution is 7.13. The number of nitrogens with zero attached hydrogens (tertiary/aromatic N) is 2. The van der Waals surface area contributed by atoms with Crippen LogP contribution in [0, 0.1) is 12.8 Å². The standard InChI is InChI=1S/C30H33N3O4S/c1-17(2)13-24-22(15-31-29(36)37-30(4,5)6)26(19-9-7-18(3)8-10-19)21-14-20(11-12-23(21)32-24)27-33-25(16-38-27)28(34)35/h7-12,14,16-17H,13,15H2,1-6H3,(H,31,36)(H,34,35). The zero-order valence-electron chi connectivity index (χ0n) is 22.6. The van der Waals surface area contributed by atoms with Gasteiger partial charge in [0.1, 0.15) is 10.6 Å². The molecular formula is C30H33N3O4S. The molecule has 38 heavy (non-hydrogen) atoms. The highest BCUT2D eigenvalue weighted by Gasteiger charge is 2.21. The molecule has 2 heterocycles. The summed E-state index contributed by atoms with van der Waals surface area (Å²) >= 11 is 1.29. The van der Waals surface area contributed by atoms with Crippen LogP contribution in [0.1, 0.15) is 61.9 Å². The molecule has 198 valence electrons. The molecule has 2 aromatic carbocycles. The Kier molecular flexibility index (Phi) is 7.83. The van der Waals surface area contributed by atoms with Crippen LogP contribution < -0.4 is 5.32 Å². The summed E-state index contributed by atoms with van der Waals surface area (Å²) in [5.41, 5.74) is 6.06. The number of alkyl carbamates (subject to hydrolysis) is 1. The number of carbonyl (C=O) groups excluding carboxylic acids is 1. The van der Waals surface area contributed by atoms with Gasteiger partial charge in [0.2, 0.25) is 0 Å². The van der Waals surface area contributed by atoms with Crippen molar-refractivity contribution in [3.05, 3.63) is 70.4 Å². The molecule has 0 spiro atoms. The van der Waals surface area contributed by atoms with Gasteiger partial charge in [-0.3, -0.25) is 4.98 Å². The van der Waals surface area contributed by atoms with E-state index in [-0.39, 0.29) is 12.2 Å². The zero-order valence-corrected chi connectivity index (χ0v) is 23.4. The van der Waals surface area contributed by atoms with Crippen LogP contribution in [-0.4, -0.2) is 32.7 Å². The number of carbonyl (C=O) groups is 2. The molecule has 0 saturated heterocycles. The fraction of sp³-hybridized carbons (Fsp3) is 0.333. The van der Waals surface area contributed by atoms with Gasteiger partial charge in [-0.2, -0.15) is 0 Å². The van der Waals surface area contributed by atoms with Gasteiger partial charge >= 0.3 is 12.1 Å². The number of aromatic carboxylic acids is 1. The van der Waals surface area contributed by atoms with Gasteiger partial charge in [-0.25, -0.2) is 14.6 Å². The third-order valence-corrected chi connectivity index (χ3v) is 6.78. The zero-order chi connectivity index (χ0) is 27.6. The Balaban J connectivity index is 1.92. The van der Waals surface area contributed by atoms with E-state index in [0.717, 1.165) is 50.8 Å². The van der Waals surface area contributed by atoms with Gasteiger partial charge in [0.15, 0.2) is 5.69 Å². The van der Waals surface area contributed by atoms with Gasteiger partial charge in [0.05, 0.1) is 5.52 Å². The number of thiazole rings is 1. The Morgan fingerprint density at radius 1 is 1.05 bits per heavy atom. The first-order valence-electron chi connectivity index (χ1n) is 12.6. The lowest BCUT2D eigenvalue weighted by atomic mass is 9.90. The summed E-state index contributed by atoms with van der Waals surface area (Å²) in [4.78, 5) is 33.3. The molecule has 8 heteroatoms. The van der Waals surface area contributed by atoms with Crippen molar-refractivity contribution in [1.29, 1.82) is 0 Å². The SMILES string of the molecule is Cc1ccc(-c2c(CNC(=O)OC(C)(C)C)c(CC(C)C)nc3ccc(-c4nc(C(=O)O)cs4)cc23)cc1. The number of ether oxygens (including phenoxy) is 1. The summed E-state index contributed by atoms with van der Waals surface area (Å²) in [6.45, 7) is 12.1. The maximum atomic E-state index is 12.6. The van der Waals surface area contributed by atoms with Gasteiger partial charge < -0.3 is 15.2 Å². The van der Waals surface area contributed by atoms with Gasteiger partial charge in [-0.15, -0.1) is 11.3 Å². The number of nitrogens with one attached hydrogen (secondary N) is 1. The van der Waals surface area contributed by atoms with E-state index in [1.54, 1.807) is 5.38 Å². The van der Waals surface area contributed by atoms with Crippen LogP contribution in [-0.2, 0) is 17.7 Å². The minimum Gasteiger partial charge on any atom is -0.476 e. The quantitative estimate of drug-likeness (QED) is 0.260. The van der Waals surface area contributed by atoms with E-state index in [9.17, 15) is 14.7 Å². The Bertz CT molecular complexity index is 1480. The van der Waals surface area contributed by atoms with Crippen LogP contribution in [0.5, 0.6) is 0 Å². The van der Waals surface area contributed by atoms with Crippen LogP contribution >= 0.6 is 11.3 Å². The fourth-order valence-electron chi connectivity index (χ4n) is 4.26. The molecule has 0 aliphatic carbocycles. The average Bonchev–Trinajstić information content (AvgIpc) is 3.32. The van der Waals surface area contributed by atoms with Gasteiger partial charge in [-0.05, 0) is 69.4 Å². The number of hydrogen-bond donors (Lipinski definition) is 2. The highest BCUT2D eigenvalue weighted by Crippen LogP contribution is 2.37.